The smallest absolute Gasteiger partial charge is 0.334 e. The van der Waals surface area contributed by atoms with Crippen molar-refractivity contribution < 1.29 is 24.2 Å². The van der Waals surface area contributed by atoms with E-state index in [0.29, 0.717) is 12.8 Å². The lowest BCUT2D eigenvalue weighted by molar-refractivity contribution is -0.151. The van der Waals surface area contributed by atoms with Crippen LogP contribution >= 0.6 is 0 Å². The molecule has 0 fully saturated rings. The molecule has 0 saturated carbocycles. The average molecular weight is 214 g/mol. The van der Waals surface area contributed by atoms with E-state index in [2.05, 4.69) is 9.47 Å². The number of rotatable bonds is 2. The molecule has 2 atom stereocenters. The van der Waals surface area contributed by atoms with E-state index in [4.69, 9.17) is 0 Å². The van der Waals surface area contributed by atoms with Gasteiger partial charge >= 0.3 is 11.9 Å². The molecule has 0 saturated heterocycles. The topological polar surface area (TPSA) is 72.8 Å². The Labute approximate surface area is 87.7 Å². The Bertz CT molecular complexity index is 294. The van der Waals surface area contributed by atoms with Crippen LogP contribution in [0.5, 0.6) is 0 Å². The van der Waals surface area contributed by atoms with Gasteiger partial charge in [0.25, 0.3) is 0 Å². The van der Waals surface area contributed by atoms with Crippen LogP contribution in [0.4, 0.5) is 0 Å². The van der Waals surface area contributed by atoms with E-state index >= 15 is 0 Å². The van der Waals surface area contributed by atoms with Gasteiger partial charge in [-0.25, -0.2) is 4.79 Å². The van der Waals surface area contributed by atoms with Crippen molar-refractivity contribution in [2.24, 2.45) is 5.92 Å². The fourth-order valence-electron chi connectivity index (χ4n) is 1.65. The van der Waals surface area contributed by atoms with Crippen LogP contribution in [0.15, 0.2) is 11.6 Å². The molecule has 1 N–H and O–H groups in total. The molecule has 15 heavy (non-hydrogen) atoms. The molecule has 0 aromatic rings. The number of hydrogen-bond donors (Lipinski definition) is 1. The number of carbonyl (C=O) groups is 2. The van der Waals surface area contributed by atoms with Crippen LogP contribution in [0.25, 0.3) is 0 Å². The minimum absolute atomic E-state index is 0.183. The molecule has 0 unspecified atom stereocenters. The largest absolute Gasteiger partial charge is 0.468 e. The Morgan fingerprint density at radius 3 is 2.60 bits per heavy atom. The second-order valence-electron chi connectivity index (χ2n) is 3.30. The van der Waals surface area contributed by atoms with Gasteiger partial charge in [-0.15, -0.1) is 0 Å². The van der Waals surface area contributed by atoms with Gasteiger partial charge < -0.3 is 14.6 Å². The molecular weight excluding hydrogens is 200 g/mol. The van der Waals surface area contributed by atoms with Crippen molar-refractivity contribution in [2.45, 2.75) is 18.9 Å². The Morgan fingerprint density at radius 1 is 1.40 bits per heavy atom. The molecule has 5 nitrogen and oxygen atoms in total. The first-order valence-electron chi connectivity index (χ1n) is 4.66. The van der Waals surface area contributed by atoms with E-state index in [-0.39, 0.29) is 5.57 Å². The molecule has 0 aromatic heterocycles. The Balaban J connectivity index is 2.95. The van der Waals surface area contributed by atoms with Crippen molar-refractivity contribution in [2.75, 3.05) is 14.2 Å². The van der Waals surface area contributed by atoms with E-state index in [1.807, 2.05) is 0 Å². The van der Waals surface area contributed by atoms with Crippen LogP contribution < -0.4 is 0 Å². The molecule has 1 aliphatic rings. The molecular formula is C10H14O5. The van der Waals surface area contributed by atoms with Crippen LogP contribution in [0, 0.1) is 5.92 Å². The van der Waals surface area contributed by atoms with Gasteiger partial charge in [-0.2, -0.15) is 0 Å². The highest BCUT2D eigenvalue weighted by atomic mass is 16.5. The van der Waals surface area contributed by atoms with E-state index in [1.165, 1.54) is 14.2 Å². The first kappa shape index (κ1) is 11.7. The van der Waals surface area contributed by atoms with Crippen molar-refractivity contribution in [3.63, 3.8) is 0 Å². The highest BCUT2D eigenvalue weighted by Crippen LogP contribution is 2.27. The molecule has 1 rings (SSSR count). The predicted molar refractivity (Wildman–Crippen MR) is 50.8 cm³/mol. The monoisotopic (exact) mass is 214 g/mol. The maximum atomic E-state index is 11.4. The molecule has 0 spiro atoms. The first-order chi connectivity index (χ1) is 7.11. The highest BCUT2D eigenvalue weighted by molar-refractivity contribution is 5.96. The zero-order chi connectivity index (χ0) is 11.4. The Hall–Kier alpha value is -1.36. The Morgan fingerprint density at radius 2 is 2.07 bits per heavy atom. The summed E-state index contributed by atoms with van der Waals surface area (Å²) in [6.45, 7) is 0. The lowest BCUT2D eigenvalue weighted by Crippen LogP contribution is -2.36. The molecule has 84 valence electrons. The van der Waals surface area contributed by atoms with Gasteiger partial charge in [-0.05, 0) is 12.8 Å². The summed E-state index contributed by atoms with van der Waals surface area (Å²) < 4.78 is 9.07. The van der Waals surface area contributed by atoms with Gasteiger partial charge in [0.15, 0.2) is 0 Å². The molecule has 0 radical (unpaired) electrons. The lowest BCUT2D eigenvalue weighted by Gasteiger charge is -2.25. The third-order valence-electron chi connectivity index (χ3n) is 2.42. The number of carbonyl (C=O) groups excluding carboxylic acids is 2. The third kappa shape index (κ3) is 2.36. The standard InChI is InChI=1S/C10H14O5/c1-14-9(12)6-4-3-5-7(11)8(6)10(13)15-2/h4,7-8,11H,3,5H2,1-2H3/t7-,8-/m1/s1. The van der Waals surface area contributed by atoms with Gasteiger partial charge in [0, 0.05) is 0 Å². The summed E-state index contributed by atoms with van der Waals surface area (Å²) in [5, 5.41) is 9.64. The van der Waals surface area contributed by atoms with Gasteiger partial charge in [0.2, 0.25) is 0 Å². The maximum absolute atomic E-state index is 11.4. The van der Waals surface area contributed by atoms with Crippen molar-refractivity contribution >= 4 is 11.9 Å². The van der Waals surface area contributed by atoms with Crippen molar-refractivity contribution in [1.82, 2.24) is 0 Å². The van der Waals surface area contributed by atoms with Crippen LogP contribution in [-0.4, -0.2) is 37.4 Å². The van der Waals surface area contributed by atoms with Crippen LogP contribution in [0.2, 0.25) is 0 Å². The fourth-order valence-corrected chi connectivity index (χ4v) is 1.65. The third-order valence-corrected chi connectivity index (χ3v) is 2.42. The molecule has 1 aliphatic carbocycles. The lowest BCUT2D eigenvalue weighted by atomic mass is 9.85. The summed E-state index contributed by atoms with van der Waals surface area (Å²) >= 11 is 0. The minimum Gasteiger partial charge on any atom is -0.468 e. The van der Waals surface area contributed by atoms with Gasteiger partial charge in [-0.1, -0.05) is 6.08 Å². The number of allylic oxidation sites excluding steroid dienone is 1. The van der Waals surface area contributed by atoms with Crippen LogP contribution in [0.3, 0.4) is 0 Å². The van der Waals surface area contributed by atoms with Crippen LogP contribution in [0.1, 0.15) is 12.8 Å². The van der Waals surface area contributed by atoms with Crippen molar-refractivity contribution in [1.29, 1.82) is 0 Å². The zero-order valence-corrected chi connectivity index (χ0v) is 8.73. The fraction of sp³-hybridized carbons (Fsp3) is 0.600. The number of aliphatic hydroxyl groups excluding tert-OH is 1. The maximum Gasteiger partial charge on any atom is 0.334 e. The van der Waals surface area contributed by atoms with Crippen LogP contribution in [-0.2, 0) is 19.1 Å². The number of methoxy groups -OCH3 is 2. The number of hydrogen-bond acceptors (Lipinski definition) is 5. The van der Waals surface area contributed by atoms with E-state index in [1.54, 1.807) is 6.08 Å². The zero-order valence-electron chi connectivity index (χ0n) is 8.73. The van der Waals surface area contributed by atoms with E-state index in [9.17, 15) is 14.7 Å². The van der Waals surface area contributed by atoms with Crippen molar-refractivity contribution in [3.05, 3.63) is 11.6 Å². The second-order valence-corrected chi connectivity index (χ2v) is 3.30. The van der Waals surface area contributed by atoms with E-state index < -0.39 is 24.0 Å². The summed E-state index contributed by atoms with van der Waals surface area (Å²) in [4.78, 5) is 22.7. The average Bonchev–Trinajstić information content (AvgIpc) is 2.26. The van der Waals surface area contributed by atoms with Gasteiger partial charge in [-0.3, -0.25) is 4.79 Å². The number of aliphatic hydroxyl groups is 1. The predicted octanol–water partition coefficient (Wildman–Crippen LogP) is 0.0297. The number of esters is 2. The summed E-state index contributed by atoms with van der Waals surface area (Å²) in [5.74, 6) is -2.13. The molecule has 0 bridgehead atoms. The highest BCUT2D eigenvalue weighted by Gasteiger charge is 2.37. The van der Waals surface area contributed by atoms with Gasteiger partial charge in [0.05, 0.1) is 25.9 Å². The minimum atomic E-state index is -0.920. The summed E-state index contributed by atoms with van der Waals surface area (Å²) in [6.07, 6.45) is 1.73. The molecule has 0 amide bonds. The SMILES string of the molecule is COC(=O)C1=CCC[C@@H](O)[C@@H]1C(=O)OC. The van der Waals surface area contributed by atoms with Crippen molar-refractivity contribution in [3.8, 4) is 0 Å². The van der Waals surface area contributed by atoms with E-state index in [0.717, 1.165) is 0 Å². The molecule has 5 heteroatoms. The Kier molecular flexibility index (Phi) is 3.85. The summed E-state index contributed by atoms with van der Waals surface area (Å²) in [6, 6.07) is 0. The second kappa shape index (κ2) is 4.93. The first-order valence-corrected chi connectivity index (χ1v) is 4.66. The summed E-state index contributed by atoms with van der Waals surface area (Å²) in [7, 11) is 2.46. The quantitative estimate of drug-likeness (QED) is 0.656. The molecule has 0 aromatic carbocycles. The molecule has 0 heterocycles. The molecule has 0 aliphatic heterocycles. The summed E-state index contributed by atoms with van der Waals surface area (Å²) in [5.41, 5.74) is 0.183. The normalized spacial score (nSPS) is 25.4. The van der Waals surface area contributed by atoms with Gasteiger partial charge in [0.1, 0.15) is 5.92 Å². The number of ether oxygens (including phenoxy) is 2.